The summed E-state index contributed by atoms with van der Waals surface area (Å²) >= 11 is 0. The zero-order valence-corrected chi connectivity index (χ0v) is 15.3. The first-order valence-corrected chi connectivity index (χ1v) is 9.34. The molecule has 0 radical (unpaired) electrons. The van der Waals surface area contributed by atoms with Crippen LogP contribution in [0.15, 0.2) is 48.5 Å². The molecular formula is C22H29NO2. The fourth-order valence-corrected chi connectivity index (χ4v) is 4.16. The molecule has 3 nitrogen and oxygen atoms in total. The number of hydrogen-bond donors (Lipinski definition) is 1. The number of ether oxygens (including phenoxy) is 1. The minimum absolute atomic E-state index is 0.0679. The van der Waals surface area contributed by atoms with Gasteiger partial charge in [0.15, 0.2) is 0 Å². The maximum absolute atomic E-state index is 10.1. The molecule has 2 atom stereocenters. The van der Waals surface area contributed by atoms with Gasteiger partial charge in [0.05, 0.1) is 19.8 Å². The molecule has 0 aromatic heterocycles. The van der Waals surface area contributed by atoms with Gasteiger partial charge in [-0.05, 0) is 55.0 Å². The molecule has 0 saturated heterocycles. The molecule has 1 aliphatic carbocycles. The molecule has 1 aliphatic rings. The Morgan fingerprint density at radius 1 is 1.16 bits per heavy atom. The molecule has 0 aliphatic heterocycles. The van der Waals surface area contributed by atoms with Crippen LogP contribution in [0.4, 0.5) is 0 Å². The van der Waals surface area contributed by atoms with Gasteiger partial charge in [-0.1, -0.05) is 49.4 Å². The van der Waals surface area contributed by atoms with E-state index in [0.29, 0.717) is 6.04 Å². The van der Waals surface area contributed by atoms with Crippen LogP contribution in [0.1, 0.15) is 42.5 Å². The van der Waals surface area contributed by atoms with Crippen LogP contribution in [-0.2, 0) is 12.8 Å². The van der Waals surface area contributed by atoms with Gasteiger partial charge in [0.25, 0.3) is 0 Å². The lowest BCUT2D eigenvalue weighted by Crippen LogP contribution is -2.43. The minimum atomic E-state index is 0.0679. The Bertz CT molecular complexity index is 671. The molecule has 25 heavy (non-hydrogen) atoms. The zero-order valence-electron chi connectivity index (χ0n) is 15.3. The van der Waals surface area contributed by atoms with E-state index >= 15 is 0 Å². The van der Waals surface area contributed by atoms with Crippen LogP contribution in [0.3, 0.4) is 0 Å². The molecule has 2 aromatic carbocycles. The fourth-order valence-electron chi connectivity index (χ4n) is 4.16. The summed E-state index contributed by atoms with van der Waals surface area (Å²) < 4.78 is 5.54. The highest BCUT2D eigenvalue weighted by Gasteiger charge is 2.30. The van der Waals surface area contributed by atoms with Crippen molar-refractivity contribution in [3.05, 3.63) is 65.2 Å². The standard InChI is InChI=1S/C22H29NO2/c1-3-14-23(21(16-24)17-8-5-4-6-9-17)19-12-13-20-18(15-19)10-7-11-22(20)25-2/h4-11,19,21,24H,3,12-16H2,1-2H3/t19-,21+/m0/s1. The predicted octanol–water partition coefficient (Wildman–Crippen LogP) is 4.00. The highest BCUT2D eigenvalue weighted by Crippen LogP contribution is 2.34. The van der Waals surface area contributed by atoms with Crippen LogP contribution in [0.25, 0.3) is 0 Å². The van der Waals surface area contributed by atoms with E-state index in [0.717, 1.165) is 38.0 Å². The van der Waals surface area contributed by atoms with Crippen LogP contribution >= 0.6 is 0 Å². The second-order valence-corrected chi connectivity index (χ2v) is 6.84. The smallest absolute Gasteiger partial charge is 0.122 e. The first kappa shape index (κ1) is 18.0. The molecule has 0 saturated carbocycles. The summed E-state index contributed by atoms with van der Waals surface area (Å²) in [6.07, 6.45) is 4.26. The molecule has 0 heterocycles. The quantitative estimate of drug-likeness (QED) is 0.828. The predicted molar refractivity (Wildman–Crippen MR) is 102 cm³/mol. The topological polar surface area (TPSA) is 32.7 Å². The third kappa shape index (κ3) is 3.88. The number of benzene rings is 2. The molecule has 0 bridgehead atoms. The number of fused-ring (bicyclic) bond motifs is 1. The van der Waals surface area contributed by atoms with E-state index in [9.17, 15) is 5.11 Å². The van der Waals surface area contributed by atoms with Crippen LogP contribution in [0, 0.1) is 0 Å². The van der Waals surface area contributed by atoms with Crippen molar-refractivity contribution in [2.24, 2.45) is 0 Å². The normalized spacial score (nSPS) is 18.0. The molecule has 0 spiro atoms. The molecule has 2 aromatic rings. The average Bonchev–Trinajstić information content (AvgIpc) is 2.67. The Balaban J connectivity index is 1.86. The van der Waals surface area contributed by atoms with E-state index in [4.69, 9.17) is 4.74 Å². The molecule has 0 fully saturated rings. The van der Waals surface area contributed by atoms with E-state index in [-0.39, 0.29) is 12.6 Å². The van der Waals surface area contributed by atoms with Crippen molar-refractivity contribution in [2.45, 2.75) is 44.7 Å². The van der Waals surface area contributed by atoms with Gasteiger partial charge in [-0.3, -0.25) is 4.90 Å². The average molecular weight is 339 g/mol. The first-order chi connectivity index (χ1) is 12.3. The van der Waals surface area contributed by atoms with Crippen molar-refractivity contribution in [3.8, 4) is 5.75 Å². The van der Waals surface area contributed by atoms with E-state index in [1.54, 1.807) is 7.11 Å². The first-order valence-electron chi connectivity index (χ1n) is 9.34. The van der Waals surface area contributed by atoms with Crippen molar-refractivity contribution in [1.82, 2.24) is 4.90 Å². The maximum atomic E-state index is 10.1. The summed E-state index contributed by atoms with van der Waals surface area (Å²) in [5.74, 6) is 1.01. The molecule has 0 unspecified atom stereocenters. The Morgan fingerprint density at radius 2 is 1.96 bits per heavy atom. The second-order valence-electron chi connectivity index (χ2n) is 6.84. The lowest BCUT2D eigenvalue weighted by Gasteiger charge is -2.40. The number of aliphatic hydroxyl groups excluding tert-OH is 1. The lowest BCUT2D eigenvalue weighted by atomic mass is 9.85. The van der Waals surface area contributed by atoms with Gasteiger partial charge >= 0.3 is 0 Å². The molecule has 3 heteroatoms. The fraction of sp³-hybridized carbons (Fsp3) is 0.455. The maximum Gasteiger partial charge on any atom is 0.122 e. The third-order valence-electron chi connectivity index (χ3n) is 5.34. The molecular weight excluding hydrogens is 310 g/mol. The Morgan fingerprint density at radius 3 is 2.64 bits per heavy atom. The largest absolute Gasteiger partial charge is 0.496 e. The summed E-state index contributed by atoms with van der Waals surface area (Å²) in [4.78, 5) is 2.51. The summed E-state index contributed by atoms with van der Waals surface area (Å²) in [6.45, 7) is 3.38. The number of nitrogens with zero attached hydrogens (tertiary/aromatic N) is 1. The van der Waals surface area contributed by atoms with Crippen LogP contribution in [0.5, 0.6) is 5.75 Å². The Hall–Kier alpha value is -1.84. The lowest BCUT2D eigenvalue weighted by molar-refractivity contribution is 0.0746. The van der Waals surface area contributed by atoms with E-state index in [2.05, 4.69) is 54.3 Å². The van der Waals surface area contributed by atoms with Crippen LogP contribution in [0.2, 0.25) is 0 Å². The summed E-state index contributed by atoms with van der Waals surface area (Å²) in [6, 6.07) is 17.3. The van der Waals surface area contributed by atoms with Crippen molar-refractivity contribution >= 4 is 0 Å². The summed E-state index contributed by atoms with van der Waals surface area (Å²) in [5, 5.41) is 10.1. The van der Waals surface area contributed by atoms with Crippen molar-refractivity contribution < 1.29 is 9.84 Å². The highest BCUT2D eigenvalue weighted by atomic mass is 16.5. The molecule has 0 amide bonds. The SMILES string of the molecule is CCCN([C@H]1CCc2c(cccc2OC)C1)[C@H](CO)c1ccccc1. The number of rotatable bonds is 7. The summed E-state index contributed by atoms with van der Waals surface area (Å²) in [7, 11) is 1.75. The van der Waals surface area contributed by atoms with Crippen LogP contribution in [-0.4, -0.2) is 36.3 Å². The molecule has 1 N–H and O–H groups in total. The molecule has 134 valence electrons. The minimum Gasteiger partial charge on any atom is -0.496 e. The van der Waals surface area contributed by atoms with Gasteiger partial charge in [0.1, 0.15) is 5.75 Å². The van der Waals surface area contributed by atoms with E-state index in [1.807, 2.05) is 6.07 Å². The third-order valence-corrected chi connectivity index (χ3v) is 5.34. The highest BCUT2D eigenvalue weighted by molar-refractivity contribution is 5.42. The van der Waals surface area contributed by atoms with Gasteiger partial charge in [-0.25, -0.2) is 0 Å². The van der Waals surface area contributed by atoms with Crippen molar-refractivity contribution in [1.29, 1.82) is 0 Å². The Kier molecular flexibility index (Phi) is 6.11. The van der Waals surface area contributed by atoms with Crippen molar-refractivity contribution in [2.75, 3.05) is 20.3 Å². The van der Waals surface area contributed by atoms with Gasteiger partial charge in [0.2, 0.25) is 0 Å². The van der Waals surface area contributed by atoms with E-state index in [1.165, 1.54) is 16.7 Å². The van der Waals surface area contributed by atoms with Gasteiger partial charge < -0.3 is 9.84 Å². The van der Waals surface area contributed by atoms with Gasteiger partial charge in [-0.2, -0.15) is 0 Å². The van der Waals surface area contributed by atoms with Gasteiger partial charge in [-0.15, -0.1) is 0 Å². The molecule has 3 rings (SSSR count). The number of methoxy groups -OCH3 is 1. The second kappa shape index (κ2) is 8.50. The zero-order chi connectivity index (χ0) is 17.6. The number of aliphatic hydroxyl groups is 1. The van der Waals surface area contributed by atoms with Crippen molar-refractivity contribution in [3.63, 3.8) is 0 Å². The Labute approximate surface area is 151 Å². The van der Waals surface area contributed by atoms with E-state index < -0.39 is 0 Å². The van der Waals surface area contributed by atoms with Crippen LogP contribution < -0.4 is 4.74 Å². The summed E-state index contributed by atoms with van der Waals surface area (Å²) in [5.41, 5.74) is 3.95. The van der Waals surface area contributed by atoms with Gasteiger partial charge in [0, 0.05) is 6.04 Å². The number of hydrogen-bond acceptors (Lipinski definition) is 3. The monoisotopic (exact) mass is 339 g/mol.